The Morgan fingerprint density at radius 2 is 1.83 bits per heavy atom. The molecule has 0 radical (unpaired) electrons. The number of anilines is 1. The van der Waals surface area contributed by atoms with Gasteiger partial charge in [-0.25, -0.2) is 4.98 Å². The van der Waals surface area contributed by atoms with Gasteiger partial charge in [0.05, 0.1) is 27.7 Å². The summed E-state index contributed by atoms with van der Waals surface area (Å²) in [5.41, 5.74) is 1.64. The standard InChI is InChI=1S/C18H20N2O2S2/c1-10(2)23-18-19-14-8-7-11(9-15(14)24-18)20-16(21)12-5-3-4-6-13(12)17(20)22/h7-10,12-13H,3-6H2,1-2H3/t12-,13-/m1/s1. The molecule has 4 rings (SSSR count). The monoisotopic (exact) mass is 360 g/mol. The van der Waals surface area contributed by atoms with Crippen LogP contribution in [0.4, 0.5) is 5.69 Å². The van der Waals surface area contributed by atoms with Crippen LogP contribution in [-0.2, 0) is 9.59 Å². The van der Waals surface area contributed by atoms with E-state index in [1.54, 1.807) is 23.1 Å². The van der Waals surface area contributed by atoms with Crippen LogP contribution in [0.1, 0.15) is 39.5 Å². The van der Waals surface area contributed by atoms with Gasteiger partial charge < -0.3 is 0 Å². The van der Waals surface area contributed by atoms with E-state index < -0.39 is 0 Å². The molecule has 4 nitrogen and oxygen atoms in total. The quantitative estimate of drug-likeness (QED) is 0.598. The number of benzene rings is 1. The Morgan fingerprint density at radius 1 is 1.17 bits per heavy atom. The molecule has 1 saturated heterocycles. The normalized spacial score (nSPS) is 24.2. The first-order valence-corrected chi connectivity index (χ1v) is 10.2. The maximum absolute atomic E-state index is 12.7. The average molecular weight is 361 g/mol. The van der Waals surface area contributed by atoms with Crippen LogP contribution in [0.15, 0.2) is 22.5 Å². The van der Waals surface area contributed by atoms with Crippen LogP contribution >= 0.6 is 23.1 Å². The summed E-state index contributed by atoms with van der Waals surface area (Å²) in [6, 6.07) is 5.73. The van der Waals surface area contributed by atoms with Crippen LogP contribution in [0.3, 0.4) is 0 Å². The van der Waals surface area contributed by atoms with Crippen molar-refractivity contribution >= 4 is 50.8 Å². The van der Waals surface area contributed by atoms with Gasteiger partial charge in [-0.05, 0) is 31.0 Å². The van der Waals surface area contributed by atoms with Gasteiger partial charge in [-0.15, -0.1) is 11.3 Å². The number of amides is 2. The third kappa shape index (κ3) is 2.65. The minimum absolute atomic E-state index is 0.00894. The Bertz CT molecular complexity index is 790. The third-order valence-corrected chi connectivity index (χ3v) is 6.90. The van der Waals surface area contributed by atoms with E-state index in [0.717, 1.165) is 40.2 Å². The fourth-order valence-corrected chi connectivity index (χ4v) is 6.02. The lowest BCUT2D eigenvalue weighted by Gasteiger charge is -2.19. The van der Waals surface area contributed by atoms with Crippen LogP contribution in [0.2, 0.25) is 0 Å². The van der Waals surface area contributed by atoms with Gasteiger partial charge in [0.1, 0.15) is 0 Å². The molecule has 1 saturated carbocycles. The Labute approximate surface area is 149 Å². The topological polar surface area (TPSA) is 50.3 Å². The summed E-state index contributed by atoms with van der Waals surface area (Å²) in [7, 11) is 0. The van der Waals surface area contributed by atoms with E-state index in [1.165, 1.54) is 4.90 Å². The van der Waals surface area contributed by atoms with Crippen molar-refractivity contribution in [1.82, 2.24) is 4.98 Å². The molecule has 0 N–H and O–H groups in total. The Morgan fingerprint density at radius 3 is 2.46 bits per heavy atom. The van der Waals surface area contributed by atoms with Gasteiger partial charge in [0.2, 0.25) is 11.8 Å². The number of hydrogen-bond acceptors (Lipinski definition) is 5. The molecule has 2 aromatic rings. The van der Waals surface area contributed by atoms with E-state index in [0.29, 0.717) is 10.9 Å². The second-order valence-corrected chi connectivity index (χ2v) is 9.66. The summed E-state index contributed by atoms with van der Waals surface area (Å²) in [6.07, 6.45) is 3.81. The van der Waals surface area contributed by atoms with Crippen molar-refractivity contribution < 1.29 is 9.59 Å². The maximum atomic E-state index is 12.7. The van der Waals surface area contributed by atoms with Gasteiger partial charge in [0.15, 0.2) is 4.34 Å². The highest BCUT2D eigenvalue weighted by molar-refractivity contribution is 8.01. The number of fused-ring (bicyclic) bond motifs is 2. The number of carbonyl (C=O) groups excluding carboxylic acids is 2. The summed E-state index contributed by atoms with van der Waals surface area (Å²) in [4.78, 5) is 31.5. The lowest BCUT2D eigenvalue weighted by molar-refractivity contribution is -0.122. The summed E-state index contributed by atoms with van der Waals surface area (Å²) in [5.74, 6) is -0.221. The number of imide groups is 1. The molecule has 1 aliphatic carbocycles. The van der Waals surface area contributed by atoms with E-state index in [2.05, 4.69) is 18.8 Å². The summed E-state index contributed by atoms with van der Waals surface area (Å²) in [5, 5.41) is 0.481. The molecule has 0 spiro atoms. The fraction of sp³-hybridized carbons (Fsp3) is 0.500. The average Bonchev–Trinajstić information content (AvgIpc) is 3.05. The summed E-state index contributed by atoms with van der Waals surface area (Å²) in [6.45, 7) is 4.29. The molecule has 2 amide bonds. The highest BCUT2D eigenvalue weighted by Crippen LogP contribution is 2.41. The zero-order valence-electron chi connectivity index (χ0n) is 13.8. The van der Waals surface area contributed by atoms with Gasteiger partial charge in [0, 0.05) is 5.25 Å². The highest BCUT2D eigenvalue weighted by atomic mass is 32.2. The number of rotatable bonds is 3. The Kier molecular flexibility index (Phi) is 4.12. The smallest absolute Gasteiger partial charge is 0.237 e. The van der Waals surface area contributed by atoms with Crippen molar-refractivity contribution in [3.8, 4) is 0 Å². The first-order valence-electron chi connectivity index (χ1n) is 8.49. The van der Waals surface area contributed by atoms with E-state index in [9.17, 15) is 9.59 Å². The summed E-state index contributed by atoms with van der Waals surface area (Å²) >= 11 is 3.37. The lowest BCUT2D eigenvalue weighted by Crippen LogP contribution is -2.30. The fourth-order valence-electron chi connectivity index (χ4n) is 3.70. The molecule has 2 fully saturated rings. The minimum Gasteiger partial charge on any atom is -0.274 e. The Hall–Kier alpha value is -1.40. The highest BCUT2D eigenvalue weighted by Gasteiger charge is 2.48. The zero-order chi connectivity index (χ0) is 16.8. The molecule has 1 aromatic carbocycles. The van der Waals surface area contributed by atoms with E-state index >= 15 is 0 Å². The van der Waals surface area contributed by atoms with Crippen molar-refractivity contribution in [3.05, 3.63) is 18.2 Å². The van der Waals surface area contributed by atoms with Crippen molar-refractivity contribution in [2.75, 3.05) is 4.90 Å². The van der Waals surface area contributed by atoms with Crippen molar-refractivity contribution in [1.29, 1.82) is 0 Å². The van der Waals surface area contributed by atoms with Gasteiger partial charge >= 0.3 is 0 Å². The molecule has 24 heavy (non-hydrogen) atoms. The van der Waals surface area contributed by atoms with Crippen LogP contribution in [-0.4, -0.2) is 22.0 Å². The third-order valence-electron chi connectivity index (χ3n) is 4.79. The molecule has 1 aromatic heterocycles. The molecule has 2 aliphatic rings. The Balaban J connectivity index is 1.68. The number of thioether (sulfide) groups is 1. The van der Waals surface area contributed by atoms with E-state index in [4.69, 9.17) is 0 Å². The lowest BCUT2D eigenvalue weighted by atomic mass is 9.81. The number of nitrogens with zero attached hydrogens (tertiary/aromatic N) is 2. The van der Waals surface area contributed by atoms with Crippen molar-refractivity contribution in [2.24, 2.45) is 11.8 Å². The predicted octanol–water partition coefficient (Wildman–Crippen LogP) is 4.48. The van der Waals surface area contributed by atoms with Gasteiger partial charge in [-0.1, -0.05) is 38.5 Å². The van der Waals surface area contributed by atoms with E-state index in [1.807, 2.05) is 18.2 Å². The number of hydrogen-bond donors (Lipinski definition) is 0. The molecule has 0 bridgehead atoms. The number of carbonyl (C=O) groups is 2. The van der Waals surface area contributed by atoms with E-state index in [-0.39, 0.29) is 23.7 Å². The first-order chi connectivity index (χ1) is 11.5. The molecule has 6 heteroatoms. The van der Waals surface area contributed by atoms with Crippen LogP contribution in [0.5, 0.6) is 0 Å². The van der Waals surface area contributed by atoms with Crippen LogP contribution in [0.25, 0.3) is 10.2 Å². The van der Waals surface area contributed by atoms with Gasteiger partial charge in [-0.2, -0.15) is 0 Å². The van der Waals surface area contributed by atoms with Crippen molar-refractivity contribution in [3.63, 3.8) is 0 Å². The SMILES string of the molecule is CC(C)Sc1nc2ccc(N3C(=O)[C@@H]4CCCC[C@H]4C3=O)cc2s1. The molecule has 1 aliphatic heterocycles. The predicted molar refractivity (Wildman–Crippen MR) is 98.6 cm³/mol. The minimum atomic E-state index is -0.101. The molecule has 126 valence electrons. The second-order valence-electron chi connectivity index (χ2n) is 6.81. The molecule has 2 atom stereocenters. The second kappa shape index (κ2) is 6.15. The zero-order valence-corrected chi connectivity index (χ0v) is 15.5. The molecular weight excluding hydrogens is 340 g/mol. The number of aromatic nitrogens is 1. The maximum Gasteiger partial charge on any atom is 0.237 e. The van der Waals surface area contributed by atoms with Crippen molar-refractivity contribution in [2.45, 2.75) is 49.1 Å². The largest absolute Gasteiger partial charge is 0.274 e. The number of thiazole rings is 1. The van der Waals surface area contributed by atoms with Crippen LogP contribution < -0.4 is 4.90 Å². The first kappa shape index (κ1) is 16.1. The summed E-state index contributed by atoms with van der Waals surface area (Å²) < 4.78 is 2.07. The van der Waals surface area contributed by atoms with Gasteiger partial charge in [0.25, 0.3) is 0 Å². The van der Waals surface area contributed by atoms with Crippen LogP contribution in [0, 0.1) is 11.8 Å². The molecule has 0 unspecified atom stereocenters. The molecular formula is C18H20N2O2S2. The van der Waals surface area contributed by atoms with Gasteiger partial charge in [-0.3, -0.25) is 14.5 Å². The molecule has 2 heterocycles.